The van der Waals surface area contributed by atoms with Gasteiger partial charge in [-0.15, -0.1) is 45.3 Å². The van der Waals surface area contributed by atoms with Crippen LogP contribution in [0.3, 0.4) is 0 Å². The summed E-state index contributed by atoms with van der Waals surface area (Å²) in [6.45, 7) is 11.1. The molecule has 40 heavy (non-hydrogen) atoms. The highest BCUT2D eigenvalue weighted by Crippen LogP contribution is 2.50. The number of ketones is 4. The summed E-state index contributed by atoms with van der Waals surface area (Å²) in [6.07, 6.45) is 0. The Morgan fingerprint density at radius 1 is 0.475 bits per heavy atom. The fraction of sp³-hybridized carbons (Fsp3) is 0.286. The van der Waals surface area contributed by atoms with Crippen molar-refractivity contribution in [3.05, 3.63) is 56.3 Å². The van der Waals surface area contributed by atoms with Crippen molar-refractivity contribution in [3.8, 4) is 29.3 Å². The first-order valence-electron chi connectivity index (χ1n) is 12.3. The molecule has 0 N–H and O–H groups in total. The van der Waals surface area contributed by atoms with Crippen LogP contribution in [0.25, 0.3) is 29.3 Å². The highest BCUT2D eigenvalue weighted by molar-refractivity contribution is 7.29. The van der Waals surface area contributed by atoms with E-state index in [1.54, 1.807) is 26.0 Å². The summed E-state index contributed by atoms with van der Waals surface area (Å²) in [5, 5.41) is 0. The van der Waals surface area contributed by atoms with Gasteiger partial charge < -0.3 is 0 Å². The van der Waals surface area contributed by atoms with E-state index < -0.39 is 35.0 Å². The molecule has 4 aromatic heterocycles. The minimum absolute atomic E-state index is 0.214. The summed E-state index contributed by atoms with van der Waals surface area (Å²) in [6, 6.07) is 7.22. The van der Waals surface area contributed by atoms with Crippen molar-refractivity contribution < 1.29 is 36.7 Å². The van der Waals surface area contributed by atoms with E-state index in [0.717, 1.165) is 32.4 Å². The molecule has 6 rings (SSSR count). The predicted molar refractivity (Wildman–Crippen MR) is 154 cm³/mol. The molecule has 12 heteroatoms. The van der Waals surface area contributed by atoms with Crippen LogP contribution >= 0.6 is 45.3 Å². The minimum Gasteiger partial charge on any atom is -0.287 e. The molecule has 0 amide bonds. The summed E-state index contributed by atoms with van der Waals surface area (Å²) < 4.78 is 55.4. The monoisotopic (exact) mass is 626 g/mol. The van der Waals surface area contributed by atoms with E-state index in [2.05, 4.69) is 0 Å². The average Bonchev–Trinajstić information content (AvgIpc) is 3.76. The molecule has 0 aliphatic heterocycles. The molecule has 0 atom stereocenters. The number of halogens is 4. The molecule has 0 saturated carbocycles. The molecule has 0 saturated heterocycles. The van der Waals surface area contributed by atoms with Gasteiger partial charge in [0, 0.05) is 40.4 Å². The molecule has 0 fully saturated rings. The number of thiophene rings is 4. The van der Waals surface area contributed by atoms with Crippen molar-refractivity contribution in [3.63, 3.8) is 0 Å². The summed E-state index contributed by atoms with van der Waals surface area (Å²) in [4.78, 5) is 52.0. The Morgan fingerprint density at radius 2 is 0.775 bits per heavy atom. The Balaban J connectivity index is 0.000000886. The van der Waals surface area contributed by atoms with Gasteiger partial charge in [-0.3, -0.25) is 19.2 Å². The van der Waals surface area contributed by atoms with E-state index in [0.29, 0.717) is 30.6 Å². The predicted octanol–water partition coefficient (Wildman–Crippen LogP) is 9.63. The number of rotatable bonds is 3. The van der Waals surface area contributed by atoms with Crippen molar-refractivity contribution in [1.29, 1.82) is 0 Å². The Labute approximate surface area is 243 Å². The lowest BCUT2D eigenvalue weighted by Gasteiger charge is -2.05. The van der Waals surface area contributed by atoms with Gasteiger partial charge in [-0.05, 0) is 49.2 Å². The number of hydrogen-bond donors (Lipinski definition) is 0. The van der Waals surface area contributed by atoms with E-state index in [1.165, 1.54) is 22.7 Å². The van der Waals surface area contributed by atoms with Gasteiger partial charge >= 0.3 is 11.8 Å². The number of Topliss-reactive ketones (excluding diaryl/α,β-unsaturated/α-hetero) is 4. The zero-order valence-electron chi connectivity index (χ0n) is 22.1. The van der Waals surface area contributed by atoms with E-state index >= 15 is 0 Å². The number of fused-ring (bicyclic) bond motifs is 2. The molecule has 2 aliphatic rings. The lowest BCUT2D eigenvalue weighted by molar-refractivity contribution is 0.0187. The van der Waals surface area contributed by atoms with Crippen LogP contribution in [0.4, 0.5) is 17.6 Å². The SMILES string of the molecule is CC.CC.Cc1c(-c2ccc(-c3ccc(-c4sc5c(c4C)C(=O)C(F)(F)C5=O)s3)s2)sc2c1C(=O)C(F)(F)C2=O. The first-order valence-corrected chi connectivity index (χ1v) is 15.5. The van der Waals surface area contributed by atoms with Crippen molar-refractivity contribution >= 4 is 68.5 Å². The number of hydrogen-bond acceptors (Lipinski definition) is 8. The van der Waals surface area contributed by atoms with Crippen LogP contribution in [0.1, 0.15) is 78.9 Å². The van der Waals surface area contributed by atoms with E-state index in [4.69, 9.17) is 0 Å². The van der Waals surface area contributed by atoms with Crippen molar-refractivity contribution in [2.45, 2.75) is 53.4 Å². The van der Waals surface area contributed by atoms with Gasteiger partial charge in [0.15, 0.2) is 0 Å². The Kier molecular flexibility index (Phi) is 7.96. The number of alkyl halides is 4. The molecular formula is C28H22F4O4S4. The van der Waals surface area contributed by atoms with Crippen LogP contribution in [0.5, 0.6) is 0 Å². The Bertz CT molecular complexity index is 1580. The van der Waals surface area contributed by atoms with Crippen LogP contribution in [0.2, 0.25) is 0 Å². The third kappa shape index (κ3) is 4.18. The average molecular weight is 627 g/mol. The molecule has 4 aromatic rings. The van der Waals surface area contributed by atoms with Crippen LogP contribution in [0, 0.1) is 13.8 Å². The highest BCUT2D eigenvalue weighted by Gasteiger charge is 2.58. The largest absolute Gasteiger partial charge is 0.372 e. The standard InChI is InChI=1S/C24H10F4O4S4.2C2H6/c1-7-13-17(21(31)23(25,26)19(13)29)35-15(7)11-5-3-9(33-11)10-4-6-12(34-10)16-8(2)14-18(36-16)22(32)24(27,28)20(14)30;2*1-2/h3-6H,1-2H3;2*1-2H3. The fourth-order valence-corrected chi connectivity index (χ4v) is 9.34. The topological polar surface area (TPSA) is 68.3 Å². The number of carbonyl (C=O) groups excluding carboxylic acids is 4. The van der Waals surface area contributed by atoms with Crippen LogP contribution in [-0.2, 0) is 0 Å². The summed E-state index contributed by atoms with van der Waals surface area (Å²) in [5.74, 6) is -13.9. The zero-order chi connectivity index (χ0) is 29.9. The molecule has 0 bridgehead atoms. The molecule has 2 aliphatic carbocycles. The van der Waals surface area contributed by atoms with E-state index in [-0.39, 0.29) is 20.9 Å². The molecule has 0 spiro atoms. The molecule has 210 valence electrons. The summed E-state index contributed by atoms with van der Waals surface area (Å²) >= 11 is 4.48. The van der Waals surface area contributed by atoms with Crippen molar-refractivity contribution in [2.75, 3.05) is 0 Å². The van der Waals surface area contributed by atoms with Gasteiger partial charge in [0.05, 0.1) is 9.75 Å². The lowest BCUT2D eigenvalue weighted by atomic mass is 10.1. The third-order valence-electron chi connectivity index (χ3n) is 6.20. The van der Waals surface area contributed by atoms with Gasteiger partial charge in [-0.2, -0.15) is 17.6 Å². The molecule has 4 heterocycles. The molecule has 0 aromatic carbocycles. The maximum absolute atomic E-state index is 13.8. The molecule has 4 nitrogen and oxygen atoms in total. The van der Waals surface area contributed by atoms with Gasteiger partial charge in [-0.25, -0.2) is 0 Å². The van der Waals surface area contributed by atoms with Crippen molar-refractivity contribution in [1.82, 2.24) is 0 Å². The fourth-order valence-electron chi connectivity index (χ4n) is 4.35. The second-order valence-corrected chi connectivity index (χ2v) is 12.5. The lowest BCUT2D eigenvalue weighted by Crippen LogP contribution is -2.30. The van der Waals surface area contributed by atoms with Gasteiger partial charge in [0.25, 0.3) is 11.6 Å². The maximum atomic E-state index is 13.8. The summed E-state index contributed by atoms with van der Waals surface area (Å²) in [5.41, 5.74) is 0.268. The second kappa shape index (κ2) is 10.6. The zero-order valence-corrected chi connectivity index (χ0v) is 25.4. The first kappa shape index (κ1) is 30.2. The highest BCUT2D eigenvalue weighted by atomic mass is 32.1. The summed E-state index contributed by atoms with van der Waals surface area (Å²) in [7, 11) is 0. The minimum atomic E-state index is -4.01. The van der Waals surface area contributed by atoms with Crippen LogP contribution in [0.15, 0.2) is 24.3 Å². The van der Waals surface area contributed by atoms with Gasteiger partial charge in [-0.1, -0.05) is 27.7 Å². The van der Waals surface area contributed by atoms with Gasteiger partial charge in [0.2, 0.25) is 11.6 Å². The number of carbonyl (C=O) groups is 4. The molecular weight excluding hydrogens is 605 g/mol. The van der Waals surface area contributed by atoms with Crippen LogP contribution in [-0.4, -0.2) is 35.0 Å². The van der Waals surface area contributed by atoms with E-state index in [9.17, 15) is 36.7 Å². The van der Waals surface area contributed by atoms with Crippen LogP contribution < -0.4 is 0 Å². The second-order valence-electron chi connectivity index (χ2n) is 8.31. The quantitative estimate of drug-likeness (QED) is 0.168. The van der Waals surface area contributed by atoms with Crippen molar-refractivity contribution in [2.24, 2.45) is 0 Å². The smallest absolute Gasteiger partial charge is 0.287 e. The van der Waals surface area contributed by atoms with E-state index in [1.807, 2.05) is 39.8 Å². The molecule has 0 radical (unpaired) electrons. The normalized spacial score (nSPS) is 16.4. The first-order chi connectivity index (χ1) is 18.9. The molecule has 0 unspecified atom stereocenters. The Morgan fingerprint density at radius 3 is 1.07 bits per heavy atom. The van der Waals surface area contributed by atoms with Gasteiger partial charge in [0.1, 0.15) is 0 Å². The Hall–Kier alpha value is -2.80. The third-order valence-corrected chi connectivity index (χ3v) is 11.5. The maximum Gasteiger partial charge on any atom is 0.372 e.